The third-order valence-electron chi connectivity index (χ3n) is 5.24. The van der Waals surface area contributed by atoms with Crippen LogP contribution < -0.4 is 5.73 Å². The first kappa shape index (κ1) is 20.9. The van der Waals surface area contributed by atoms with E-state index >= 15 is 0 Å². The van der Waals surface area contributed by atoms with E-state index < -0.39 is 11.9 Å². The fourth-order valence-corrected chi connectivity index (χ4v) is 3.66. The minimum absolute atomic E-state index is 0.0107. The van der Waals surface area contributed by atoms with Gasteiger partial charge in [0.1, 0.15) is 24.0 Å². The average Bonchev–Trinajstić information content (AvgIpc) is 2.83. The van der Waals surface area contributed by atoms with Gasteiger partial charge in [-0.15, -0.1) is 0 Å². The predicted octanol–water partition coefficient (Wildman–Crippen LogP) is 4.57. The highest BCUT2D eigenvalue weighted by Gasteiger charge is 2.36. The highest BCUT2D eigenvalue weighted by molar-refractivity contribution is 5.92. The molecule has 2 heterocycles. The number of allylic oxidation sites excluding steroid dienone is 2. The number of nitrogens with two attached hydrogens (primary N) is 1. The van der Waals surface area contributed by atoms with Crippen LogP contribution in [0.1, 0.15) is 24.0 Å². The third kappa shape index (κ3) is 4.23. The molecule has 0 spiro atoms. The lowest BCUT2D eigenvalue weighted by atomic mass is 9.82. The standard InChI is InChI=1S/C26H21N3O3/c1-17-23(26(30)31-16-18-7-3-2-4-8-18)24(21(15-27)25(28)32-17)20-12-10-19(11-13-20)22-9-5-6-14-29-22/h2-14,24H,16,28H2,1H3. The van der Waals surface area contributed by atoms with E-state index in [1.165, 1.54) is 0 Å². The number of nitrogens with zero attached hydrogens (tertiary/aromatic N) is 2. The second kappa shape index (κ2) is 9.19. The van der Waals surface area contributed by atoms with Crippen molar-refractivity contribution < 1.29 is 14.3 Å². The lowest BCUT2D eigenvalue weighted by Crippen LogP contribution is -2.25. The fourth-order valence-electron chi connectivity index (χ4n) is 3.66. The number of hydrogen-bond acceptors (Lipinski definition) is 6. The first-order valence-corrected chi connectivity index (χ1v) is 10.1. The van der Waals surface area contributed by atoms with Crippen LogP contribution in [0.4, 0.5) is 0 Å². The Kier molecular flexibility index (Phi) is 6.00. The van der Waals surface area contributed by atoms with Gasteiger partial charge in [0.2, 0.25) is 5.88 Å². The van der Waals surface area contributed by atoms with Gasteiger partial charge < -0.3 is 15.2 Å². The topological polar surface area (TPSA) is 98.2 Å². The van der Waals surface area contributed by atoms with Crippen molar-refractivity contribution >= 4 is 5.97 Å². The first-order valence-electron chi connectivity index (χ1n) is 10.1. The maximum absolute atomic E-state index is 13.1. The number of rotatable bonds is 5. The van der Waals surface area contributed by atoms with Crippen LogP contribution in [0.2, 0.25) is 0 Å². The Morgan fingerprint density at radius 2 is 1.81 bits per heavy atom. The summed E-state index contributed by atoms with van der Waals surface area (Å²) < 4.78 is 11.1. The Hall–Kier alpha value is -4.37. The number of carbonyl (C=O) groups is 1. The average molecular weight is 423 g/mol. The zero-order valence-corrected chi connectivity index (χ0v) is 17.5. The monoisotopic (exact) mass is 423 g/mol. The number of carbonyl (C=O) groups excluding carboxylic acids is 1. The zero-order valence-electron chi connectivity index (χ0n) is 17.5. The summed E-state index contributed by atoms with van der Waals surface area (Å²) in [6, 6.07) is 24.7. The van der Waals surface area contributed by atoms with E-state index in [1.54, 1.807) is 13.1 Å². The molecule has 0 radical (unpaired) electrons. The zero-order chi connectivity index (χ0) is 22.5. The summed E-state index contributed by atoms with van der Waals surface area (Å²) in [5.74, 6) is -0.929. The highest BCUT2D eigenvalue weighted by atomic mass is 16.5. The third-order valence-corrected chi connectivity index (χ3v) is 5.24. The normalized spacial score (nSPS) is 15.7. The molecule has 0 saturated carbocycles. The van der Waals surface area contributed by atoms with Gasteiger partial charge in [-0.1, -0.05) is 60.7 Å². The number of hydrogen-bond donors (Lipinski definition) is 1. The largest absolute Gasteiger partial charge is 0.457 e. The molecular formula is C26H21N3O3. The van der Waals surface area contributed by atoms with Crippen molar-refractivity contribution in [1.29, 1.82) is 5.26 Å². The second-order valence-electron chi connectivity index (χ2n) is 7.29. The number of benzene rings is 2. The smallest absolute Gasteiger partial charge is 0.338 e. The van der Waals surface area contributed by atoms with E-state index in [0.29, 0.717) is 5.76 Å². The van der Waals surface area contributed by atoms with Crippen molar-refractivity contribution in [2.75, 3.05) is 0 Å². The Morgan fingerprint density at radius 3 is 2.47 bits per heavy atom. The van der Waals surface area contributed by atoms with Gasteiger partial charge in [-0.2, -0.15) is 5.26 Å². The first-order chi connectivity index (χ1) is 15.6. The van der Waals surface area contributed by atoms with Crippen molar-refractivity contribution in [3.05, 3.63) is 113 Å². The molecule has 0 amide bonds. The lowest BCUT2D eigenvalue weighted by Gasteiger charge is -2.27. The highest BCUT2D eigenvalue weighted by Crippen LogP contribution is 2.40. The number of esters is 1. The van der Waals surface area contributed by atoms with E-state index in [4.69, 9.17) is 15.2 Å². The van der Waals surface area contributed by atoms with Gasteiger partial charge in [-0.3, -0.25) is 4.98 Å². The molecule has 1 aromatic heterocycles. The van der Waals surface area contributed by atoms with Crippen LogP contribution in [0, 0.1) is 11.3 Å². The summed E-state index contributed by atoms with van der Waals surface area (Å²) in [7, 11) is 0. The van der Waals surface area contributed by atoms with Gasteiger partial charge >= 0.3 is 5.97 Å². The maximum Gasteiger partial charge on any atom is 0.338 e. The Labute approximate surface area is 186 Å². The van der Waals surface area contributed by atoms with Crippen LogP contribution >= 0.6 is 0 Å². The van der Waals surface area contributed by atoms with E-state index in [1.807, 2.05) is 72.8 Å². The Balaban J connectivity index is 1.66. The van der Waals surface area contributed by atoms with Gasteiger partial charge in [-0.25, -0.2) is 4.79 Å². The molecule has 0 bridgehead atoms. The van der Waals surface area contributed by atoms with Gasteiger partial charge in [-0.05, 0) is 30.2 Å². The molecule has 1 aliphatic rings. The number of ether oxygens (including phenoxy) is 2. The van der Waals surface area contributed by atoms with Crippen LogP contribution in [-0.4, -0.2) is 11.0 Å². The van der Waals surface area contributed by atoms with Gasteiger partial charge in [0.05, 0.1) is 17.2 Å². The molecule has 1 aliphatic heterocycles. The van der Waals surface area contributed by atoms with Crippen molar-refractivity contribution in [2.45, 2.75) is 19.4 Å². The summed E-state index contributed by atoms with van der Waals surface area (Å²) in [6.45, 7) is 1.76. The fraction of sp³-hybridized carbons (Fsp3) is 0.115. The minimum Gasteiger partial charge on any atom is -0.457 e. The SMILES string of the molecule is CC1=C(C(=O)OCc2ccccc2)C(c2ccc(-c3ccccn3)cc2)C(C#N)=C(N)O1. The van der Waals surface area contributed by atoms with Crippen LogP contribution in [0.25, 0.3) is 11.3 Å². The molecule has 4 rings (SSSR count). The van der Waals surface area contributed by atoms with Crippen molar-refractivity contribution in [1.82, 2.24) is 4.98 Å². The minimum atomic E-state index is -0.685. The number of aromatic nitrogens is 1. The lowest BCUT2D eigenvalue weighted by molar-refractivity contribution is -0.140. The summed E-state index contributed by atoms with van der Waals surface area (Å²) in [5, 5.41) is 9.77. The molecule has 6 nitrogen and oxygen atoms in total. The molecule has 0 fully saturated rings. The van der Waals surface area contributed by atoms with E-state index in [9.17, 15) is 10.1 Å². The molecule has 6 heteroatoms. The van der Waals surface area contributed by atoms with Crippen LogP contribution in [0.5, 0.6) is 0 Å². The van der Waals surface area contributed by atoms with Crippen molar-refractivity contribution in [3.8, 4) is 17.3 Å². The molecule has 2 N–H and O–H groups in total. The summed E-state index contributed by atoms with van der Waals surface area (Å²) in [6.07, 6.45) is 1.73. The molecular weight excluding hydrogens is 402 g/mol. The molecule has 1 unspecified atom stereocenters. The van der Waals surface area contributed by atoms with Crippen molar-refractivity contribution in [3.63, 3.8) is 0 Å². The van der Waals surface area contributed by atoms with Crippen molar-refractivity contribution in [2.24, 2.45) is 5.73 Å². The van der Waals surface area contributed by atoms with Gasteiger partial charge in [0.15, 0.2) is 0 Å². The number of pyridine rings is 1. The van der Waals surface area contributed by atoms with Crippen LogP contribution in [0.15, 0.2) is 102 Å². The van der Waals surface area contributed by atoms with Crippen LogP contribution in [0.3, 0.4) is 0 Å². The van der Waals surface area contributed by atoms with E-state index in [-0.39, 0.29) is 23.6 Å². The summed E-state index contributed by atoms with van der Waals surface area (Å²) in [4.78, 5) is 17.4. The molecule has 1 atom stereocenters. The van der Waals surface area contributed by atoms with Crippen LogP contribution in [-0.2, 0) is 20.9 Å². The summed E-state index contributed by atoms with van der Waals surface area (Å²) in [5.41, 5.74) is 9.78. The predicted molar refractivity (Wildman–Crippen MR) is 119 cm³/mol. The Bertz CT molecular complexity index is 1220. The second-order valence-corrected chi connectivity index (χ2v) is 7.29. The summed E-state index contributed by atoms with van der Waals surface area (Å²) >= 11 is 0. The van der Waals surface area contributed by atoms with Gasteiger partial charge in [0.25, 0.3) is 0 Å². The molecule has 0 aliphatic carbocycles. The molecule has 3 aromatic rings. The molecule has 32 heavy (non-hydrogen) atoms. The quantitative estimate of drug-likeness (QED) is 0.604. The number of nitriles is 1. The molecule has 158 valence electrons. The van der Waals surface area contributed by atoms with Gasteiger partial charge in [0, 0.05) is 11.8 Å². The Morgan fingerprint density at radius 1 is 1.09 bits per heavy atom. The van der Waals surface area contributed by atoms with E-state index in [0.717, 1.165) is 22.4 Å². The molecule has 0 saturated heterocycles. The maximum atomic E-state index is 13.1. The van der Waals surface area contributed by atoms with E-state index in [2.05, 4.69) is 11.1 Å². The molecule has 2 aromatic carbocycles.